The highest BCUT2D eigenvalue weighted by molar-refractivity contribution is 6.16. The van der Waals surface area contributed by atoms with E-state index in [0.717, 1.165) is 15.4 Å². The van der Waals surface area contributed by atoms with E-state index in [1.54, 1.807) is 13.8 Å². The normalized spacial score (nSPS) is 17.7. The first kappa shape index (κ1) is 25.5. The van der Waals surface area contributed by atoms with Gasteiger partial charge in [-0.15, -0.1) is 0 Å². The Hall–Kier alpha value is -2.74. The van der Waals surface area contributed by atoms with Gasteiger partial charge in [-0.1, -0.05) is 44.2 Å². The topological polar surface area (TPSA) is 93.2 Å². The Morgan fingerprint density at radius 1 is 0.906 bits per heavy atom. The molecular formula is C24H34N2O6. The number of hydrogen-bond donors (Lipinski definition) is 0. The quantitative estimate of drug-likeness (QED) is 0.402. The maximum atomic E-state index is 13.1. The van der Waals surface area contributed by atoms with Gasteiger partial charge in [-0.05, 0) is 52.5 Å². The lowest BCUT2D eigenvalue weighted by molar-refractivity contribution is -0.166. The van der Waals surface area contributed by atoms with Crippen molar-refractivity contribution in [1.82, 2.24) is 9.80 Å². The van der Waals surface area contributed by atoms with Crippen molar-refractivity contribution >= 4 is 23.8 Å². The van der Waals surface area contributed by atoms with E-state index in [0.29, 0.717) is 12.8 Å². The summed E-state index contributed by atoms with van der Waals surface area (Å²) in [6.45, 7) is 10.1. The largest absolute Gasteiger partial charge is 0.443 e. The Bertz CT molecular complexity index is 849. The summed E-state index contributed by atoms with van der Waals surface area (Å²) in [7, 11) is 0. The molecule has 0 N–H and O–H groups in total. The average molecular weight is 447 g/mol. The molecule has 0 radical (unpaired) electrons. The molecule has 0 aromatic heterocycles. The zero-order valence-corrected chi connectivity index (χ0v) is 19.8. The van der Waals surface area contributed by atoms with E-state index in [-0.39, 0.29) is 13.2 Å². The second kappa shape index (κ2) is 10.3. The molecule has 0 spiro atoms. The molecule has 32 heavy (non-hydrogen) atoms. The van der Waals surface area contributed by atoms with Gasteiger partial charge >= 0.3 is 12.0 Å². The second-order valence-electron chi connectivity index (χ2n) is 9.24. The number of rotatable bonds is 10. The van der Waals surface area contributed by atoms with Crippen LogP contribution >= 0.6 is 0 Å². The summed E-state index contributed by atoms with van der Waals surface area (Å²) < 4.78 is 11.1. The van der Waals surface area contributed by atoms with E-state index in [4.69, 9.17) is 9.47 Å². The molecule has 2 rings (SSSR count). The number of barbiturate groups is 1. The van der Waals surface area contributed by atoms with Gasteiger partial charge in [0.2, 0.25) is 11.8 Å². The molecule has 0 aliphatic carbocycles. The minimum absolute atomic E-state index is 0.129. The van der Waals surface area contributed by atoms with Gasteiger partial charge in [0.15, 0.2) is 6.73 Å². The number of imide groups is 2. The first-order chi connectivity index (χ1) is 14.9. The van der Waals surface area contributed by atoms with E-state index in [1.807, 2.05) is 58.0 Å². The Kier molecular flexibility index (Phi) is 8.18. The number of amides is 4. The lowest BCUT2D eigenvalue weighted by Crippen LogP contribution is -2.61. The molecule has 176 valence electrons. The van der Waals surface area contributed by atoms with Crippen LogP contribution in [0.1, 0.15) is 59.9 Å². The molecule has 1 fully saturated rings. The fraction of sp³-hybridized carbons (Fsp3) is 0.583. The predicted octanol–water partition coefficient (Wildman–Crippen LogP) is 3.74. The Morgan fingerprint density at radius 2 is 1.47 bits per heavy atom. The first-order valence-corrected chi connectivity index (χ1v) is 11.0. The summed E-state index contributed by atoms with van der Waals surface area (Å²) in [6.07, 6.45) is 1.34. The highest BCUT2D eigenvalue weighted by atomic mass is 16.5. The maximum absolute atomic E-state index is 13.1. The third-order valence-electron chi connectivity index (χ3n) is 6.07. The van der Waals surface area contributed by atoms with Crippen LogP contribution in [-0.4, -0.2) is 52.7 Å². The number of carbonyl (C=O) groups is 4. The number of urea groups is 1. The molecule has 4 amide bonds. The number of nitrogens with zero attached hydrogens (tertiary/aromatic N) is 2. The van der Waals surface area contributed by atoms with Crippen molar-refractivity contribution in [2.24, 2.45) is 11.3 Å². The standard InChI is InChI=1S/C24H34N2O6/c1-7-23(3,4)21(29)31-15-25-19(27)18(14-17-12-10-9-11-13-17)20(28)26(22(25)30)16-32-24(5,6)8-2/h9-13,18H,7-8,14-16H2,1-6H3. The third-order valence-corrected chi connectivity index (χ3v) is 6.07. The summed E-state index contributed by atoms with van der Waals surface area (Å²) >= 11 is 0. The molecule has 1 aromatic rings. The van der Waals surface area contributed by atoms with E-state index >= 15 is 0 Å². The van der Waals surface area contributed by atoms with Gasteiger partial charge in [0.25, 0.3) is 0 Å². The van der Waals surface area contributed by atoms with Gasteiger partial charge in [-0.2, -0.15) is 0 Å². The molecule has 1 aliphatic rings. The molecule has 0 saturated carbocycles. The highest BCUT2D eigenvalue weighted by Crippen LogP contribution is 2.25. The summed E-state index contributed by atoms with van der Waals surface area (Å²) in [6, 6.07) is 8.24. The van der Waals surface area contributed by atoms with Crippen LogP contribution in [0.5, 0.6) is 0 Å². The van der Waals surface area contributed by atoms with Crippen LogP contribution in [0.2, 0.25) is 0 Å². The number of carbonyl (C=O) groups excluding carboxylic acids is 4. The number of esters is 1. The van der Waals surface area contributed by atoms with Gasteiger partial charge in [-0.3, -0.25) is 14.4 Å². The van der Waals surface area contributed by atoms with E-state index in [1.165, 1.54) is 0 Å². The molecule has 1 unspecified atom stereocenters. The summed E-state index contributed by atoms with van der Waals surface area (Å²) in [5, 5.41) is 0. The van der Waals surface area contributed by atoms with Crippen molar-refractivity contribution in [3.8, 4) is 0 Å². The lowest BCUT2D eigenvalue weighted by atomic mass is 9.91. The average Bonchev–Trinajstić information content (AvgIpc) is 2.77. The minimum Gasteiger partial charge on any atom is -0.443 e. The Balaban J connectivity index is 2.28. The molecule has 1 saturated heterocycles. The third kappa shape index (κ3) is 5.94. The molecule has 1 aliphatic heterocycles. The van der Waals surface area contributed by atoms with Gasteiger partial charge in [-0.25, -0.2) is 14.6 Å². The van der Waals surface area contributed by atoms with Gasteiger partial charge < -0.3 is 9.47 Å². The molecule has 8 nitrogen and oxygen atoms in total. The predicted molar refractivity (Wildman–Crippen MR) is 118 cm³/mol. The van der Waals surface area contributed by atoms with Gasteiger partial charge in [0.05, 0.1) is 11.0 Å². The molecule has 1 aromatic carbocycles. The monoisotopic (exact) mass is 446 g/mol. The Morgan fingerprint density at radius 3 is 2.00 bits per heavy atom. The van der Waals surface area contributed by atoms with Gasteiger partial charge in [0, 0.05) is 0 Å². The fourth-order valence-corrected chi connectivity index (χ4v) is 2.88. The van der Waals surface area contributed by atoms with Crippen molar-refractivity contribution in [2.45, 2.75) is 66.4 Å². The van der Waals surface area contributed by atoms with E-state index in [9.17, 15) is 19.2 Å². The smallest absolute Gasteiger partial charge is 0.338 e. The second-order valence-corrected chi connectivity index (χ2v) is 9.24. The van der Waals surface area contributed by atoms with Gasteiger partial charge in [0.1, 0.15) is 12.6 Å². The fourth-order valence-electron chi connectivity index (χ4n) is 2.88. The van der Waals surface area contributed by atoms with Crippen LogP contribution in [-0.2, 0) is 30.3 Å². The first-order valence-electron chi connectivity index (χ1n) is 11.0. The zero-order valence-electron chi connectivity index (χ0n) is 19.8. The van der Waals surface area contributed by atoms with Crippen LogP contribution in [0.15, 0.2) is 30.3 Å². The number of benzene rings is 1. The van der Waals surface area contributed by atoms with E-state index < -0.39 is 47.5 Å². The minimum atomic E-state index is -1.11. The van der Waals surface area contributed by atoms with Crippen molar-refractivity contribution < 1.29 is 28.7 Å². The molecule has 0 bridgehead atoms. The van der Waals surface area contributed by atoms with Crippen molar-refractivity contribution in [3.63, 3.8) is 0 Å². The van der Waals surface area contributed by atoms with Crippen molar-refractivity contribution in [1.29, 1.82) is 0 Å². The van der Waals surface area contributed by atoms with Crippen molar-refractivity contribution in [2.75, 3.05) is 13.5 Å². The SMILES string of the molecule is CCC(C)(C)OCN1C(=O)C(Cc2ccccc2)C(=O)N(COC(=O)C(C)(C)CC)C1=O. The maximum Gasteiger partial charge on any atom is 0.338 e. The molecule has 8 heteroatoms. The molecule has 1 heterocycles. The van der Waals surface area contributed by atoms with Crippen LogP contribution in [0.25, 0.3) is 0 Å². The van der Waals surface area contributed by atoms with E-state index in [2.05, 4.69) is 0 Å². The van der Waals surface area contributed by atoms with Crippen LogP contribution in [0.3, 0.4) is 0 Å². The highest BCUT2D eigenvalue weighted by Gasteiger charge is 2.47. The summed E-state index contributed by atoms with van der Waals surface area (Å²) in [5.41, 5.74) is -0.526. The van der Waals surface area contributed by atoms with Crippen LogP contribution in [0.4, 0.5) is 4.79 Å². The van der Waals surface area contributed by atoms with Crippen molar-refractivity contribution in [3.05, 3.63) is 35.9 Å². The van der Waals surface area contributed by atoms with Crippen LogP contribution < -0.4 is 0 Å². The zero-order chi connectivity index (χ0) is 24.1. The lowest BCUT2D eigenvalue weighted by Gasteiger charge is -2.38. The molecule has 1 atom stereocenters. The summed E-state index contributed by atoms with van der Waals surface area (Å²) in [4.78, 5) is 53.4. The molecular weight excluding hydrogens is 412 g/mol. The summed E-state index contributed by atoms with van der Waals surface area (Å²) in [5.74, 6) is -2.93. The van der Waals surface area contributed by atoms with Crippen LogP contribution in [0, 0.1) is 11.3 Å². The number of hydrogen-bond acceptors (Lipinski definition) is 6. The Labute approximate surface area is 189 Å². The number of ether oxygens (including phenoxy) is 2.